The molecule has 26 heavy (non-hydrogen) atoms. The minimum Gasteiger partial charge on any atom is -0.387 e. The Bertz CT molecular complexity index is 1150. The molecule has 4 aromatic rings. The summed E-state index contributed by atoms with van der Waals surface area (Å²) in [4.78, 5) is 10.2. The number of nitrogens with zero attached hydrogens (tertiary/aromatic N) is 4. The van der Waals surface area contributed by atoms with Crippen LogP contribution >= 0.6 is 11.3 Å². The first-order valence-electron chi connectivity index (χ1n) is 8.17. The molecule has 0 spiro atoms. The van der Waals surface area contributed by atoms with Crippen molar-refractivity contribution in [2.24, 2.45) is 13.0 Å². The van der Waals surface area contributed by atoms with E-state index in [4.69, 9.17) is 0 Å². The van der Waals surface area contributed by atoms with E-state index in [9.17, 15) is 13.9 Å². The number of aliphatic hydroxyl groups excluding tert-OH is 1. The first-order valence-corrected chi connectivity index (χ1v) is 8.98. The summed E-state index contributed by atoms with van der Waals surface area (Å²) < 4.78 is 28.1. The van der Waals surface area contributed by atoms with Gasteiger partial charge in [0.15, 0.2) is 5.65 Å². The Morgan fingerprint density at radius 2 is 2.12 bits per heavy atom. The van der Waals surface area contributed by atoms with Gasteiger partial charge in [0.1, 0.15) is 4.83 Å². The molecular formula is C18H14F2N4OS. The zero-order valence-corrected chi connectivity index (χ0v) is 14.5. The number of alkyl halides is 2. The molecule has 0 unspecified atom stereocenters. The summed E-state index contributed by atoms with van der Waals surface area (Å²) in [5.41, 5.74) is 2.27. The number of hydrogen-bond donors (Lipinski definition) is 1. The minimum atomic E-state index is -2.75. The van der Waals surface area contributed by atoms with Crippen molar-refractivity contribution in [3.8, 4) is 11.3 Å². The second-order valence-corrected chi connectivity index (χ2v) is 7.76. The van der Waals surface area contributed by atoms with Crippen LogP contribution in [0.1, 0.15) is 17.4 Å². The van der Waals surface area contributed by atoms with Crippen molar-refractivity contribution in [1.29, 1.82) is 0 Å². The highest BCUT2D eigenvalue weighted by molar-refractivity contribution is 7.18. The number of rotatable bonds is 3. The summed E-state index contributed by atoms with van der Waals surface area (Å²) in [6.07, 6.45) is 2.22. The molecule has 5 nitrogen and oxygen atoms in total. The number of fused-ring (bicyclic) bond motifs is 2. The van der Waals surface area contributed by atoms with Gasteiger partial charge in [0, 0.05) is 47.1 Å². The van der Waals surface area contributed by atoms with E-state index in [1.54, 1.807) is 16.9 Å². The monoisotopic (exact) mass is 372 g/mol. The summed E-state index contributed by atoms with van der Waals surface area (Å²) in [6.45, 7) is 0. The van der Waals surface area contributed by atoms with Gasteiger partial charge in [-0.3, -0.25) is 4.68 Å². The molecule has 0 aliphatic heterocycles. The fourth-order valence-corrected chi connectivity index (χ4v) is 4.27. The van der Waals surface area contributed by atoms with Crippen LogP contribution in [0.5, 0.6) is 0 Å². The smallest absolute Gasteiger partial charge is 0.254 e. The summed E-state index contributed by atoms with van der Waals surface area (Å²) >= 11 is 1.26. The van der Waals surface area contributed by atoms with Crippen LogP contribution in [0.4, 0.5) is 8.78 Å². The highest BCUT2D eigenvalue weighted by atomic mass is 32.1. The zero-order chi connectivity index (χ0) is 18.1. The topological polar surface area (TPSA) is 63.8 Å². The first kappa shape index (κ1) is 15.8. The van der Waals surface area contributed by atoms with Gasteiger partial charge in [-0.15, -0.1) is 11.3 Å². The number of thiophene rings is 1. The molecule has 0 saturated heterocycles. The third-order valence-corrected chi connectivity index (χ3v) is 5.83. The molecule has 4 heterocycles. The Morgan fingerprint density at radius 1 is 1.31 bits per heavy atom. The highest BCUT2D eigenvalue weighted by Gasteiger charge is 2.60. The third kappa shape index (κ3) is 2.48. The number of aromatic nitrogens is 4. The molecule has 4 aromatic heterocycles. The van der Waals surface area contributed by atoms with E-state index in [-0.39, 0.29) is 6.42 Å². The van der Waals surface area contributed by atoms with E-state index in [1.165, 1.54) is 11.3 Å². The van der Waals surface area contributed by atoms with Gasteiger partial charge in [-0.2, -0.15) is 5.10 Å². The zero-order valence-electron chi connectivity index (χ0n) is 13.7. The fraction of sp³-hybridized carbons (Fsp3) is 0.278. The Kier molecular flexibility index (Phi) is 3.20. The molecule has 1 N–H and O–H groups in total. The third-order valence-electron chi connectivity index (χ3n) is 4.72. The van der Waals surface area contributed by atoms with E-state index in [1.807, 2.05) is 31.4 Å². The van der Waals surface area contributed by atoms with Gasteiger partial charge >= 0.3 is 0 Å². The maximum Gasteiger partial charge on any atom is 0.254 e. The summed E-state index contributed by atoms with van der Waals surface area (Å²) in [7, 11) is 1.84. The number of pyridine rings is 2. The molecule has 1 aliphatic carbocycles. The number of hydrogen-bond acceptors (Lipinski definition) is 5. The number of halogens is 2. The van der Waals surface area contributed by atoms with Gasteiger partial charge < -0.3 is 5.11 Å². The van der Waals surface area contributed by atoms with E-state index >= 15 is 0 Å². The molecule has 2 atom stereocenters. The lowest BCUT2D eigenvalue weighted by molar-refractivity contribution is 0.0492. The molecule has 0 amide bonds. The van der Waals surface area contributed by atoms with Crippen LogP contribution in [0.25, 0.3) is 32.5 Å². The SMILES string of the molecule is Cn1cc2cc(-c3ccc4cc([C@@H](O)[C@@H]5CC5(F)F)sc4n3)cnc2n1. The predicted molar refractivity (Wildman–Crippen MR) is 95.1 cm³/mol. The molecule has 8 heteroatoms. The van der Waals surface area contributed by atoms with Gasteiger partial charge in [-0.05, 0) is 24.3 Å². The maximum absolute atomic E-state index is 13.2. The van der Waals surface area contributed by atoms with Crippen molar-refractivity contribution < 1.29 is 13.9 Å². The van der Waals surface area contributed by atoms with Gasteiger partial charge in [-0.25, -0.2) is 18.7 Å². The standard InChI is InChI=1S/C18H14F2N4OS/c1-24-8-11-4-10(7-21-16(11)23-24)13-3-2-9-5-14(26-17(9)22-13)15(25)12-6-18(12,19)20/h2-5,7-8,12,15,25H,6H2,1H3/t12-,15-/m0/s1. The van der Waals surface area contributed by atoms with Gasteiger partial charge in [-0.1, -0.05) is 0 Å². The lowest BCUT2D eigenvalue weighted by atomic mass is 10.1. The van der Waals surface area contributed by atoms with Crippen molar-refractivity contribution in [3.63, 3.8) is 0 Å². The first-order chi connectivity index (χ1) is 12.4. The van der Waals surface area contributed by atoms with Gasteiger partial charge in [0.2, 0.25) is 0 Å². The maximum atomic E-state index is 13.2. The quantitative estimate of drug-likeness (QED) is 0.592. The molecule has 5 rings (SSSR count). The average Bonchev–Trinajstić information content (AvgIpc) is 2.97. The van der Waals surface area contributed by atoms with Crippen LogP contribution in [-0.2, 0) is 7.05 Å². The summed E-state index contributed by atoms with van der Waals surface area (Å²) in [5, 5.41) is 16.2. The largest absolute Gasteiger partial charge is 0.387 e. The molecule has 0 aromatic carbocycles. The molecule has 1 aliphatic rings. The van der Waals surface area contributed by atoms with Crippen molar-refractivity contribution in [2.75, 3.05) is 0 Å². The lowest BCUT2D eigenvalue weighted by Crippen LogP contribution is -2.04. The van der Waals surface area contributed by atoms with Crippen LogP contribution in [0.2, 0.25) is 0 Å². The second kappa shape index (κ2) is 5.28. The van der Waals surface area contributed by atoms with Crippen molar-refractivity contribution in [1.82, 2.24) is 19.7 Å². The highest BCUT2D eigenvalue weighted by Crippen LogP contribution is 2.56. The fourth-order valence-electron chi connectivity index (χ4n) is 3.19. The molecule has 0 radical (unpaired) electrons. The number of aryl methyl sites for hydroxylation is 1. The average molecular weight is 372 g/mol. The normalized spacial score (nSPS) is 19.9. The van der Waals surface area contributed by atoms with Crippen LogP contribution < -0.4 is 0 Å². The molecule has 1 fully saturated rings. The van der Waals surface area contributed by atoms with Crippen molar-refractivity contribution in [3.05, 3.63) is 41.5 Å². The molecule has 132 valence electrons. The van der Waals surface area contributed by atoms with Crippen LogP contribution in [0.3, 0.4) is 0 Å². The predicted octanol–water partition coefficient (Wildman–Crippen LogP) is 3.93. The Morgan fingerprint density at radius 3 is 2.88 bits per heavy atom. The molecule has 1 saturated carbocycles. The van der Waals surface area contributed by atoms with Crippen LogP contribution in [0, 0.1) is 5.92 Å². The second-order valence-electron chi connectivity index (χ2n) is 6.70. The van der Waals surface area contributed by atoms with Gasteiger partial charge in [0.05, 0.1) is 17.7 Å². The summed E-state index contributed by atoms with van der Waals surface area (Å²) in [6, 6.07) is 7.48. The Hall–Kier alpha value is -2.45. The Balaban J connectivity index is 1.52. The van der Waals surface area contributed by atoms with Crippen LogP contribution in [-0.4, -0.2) is 30.8 Å². The van der Waals surface area contributed by atoms with Crippen LogP contribution in [0.15, 0.2) is 36.7 Å². The van der Waals surface area contributed by atoms with Crippen molar-refractivity contribution >= 4 is 32.6 Å². The molecule has 0 bridgehead atoms. The van der Waals surface area contributed by atoms with E-state index in [0.29, 0.717) is 15.4 Å². The lowest BCUT2D eigenvalue weighted by Gasteiger charge is -2.05. The Labute approximate surface area is 150 Å². The summed E-state index contributed by atoms with van der Waals surface area (Å²) in [5.74, 6) is -3.73. The number of aliphatic hydroxyl groups is 1. The van der Waals surface area contributed by atoms with E-state index in [0.717, 1.165) is 22.0 Å². The van der Waals surface area contributed by atoms with Crippen molar-refractivity contribution in [2.45, 2.75) is 18.4 Å². The molecular weight excluding hydrogens is 358 g/mol. The van der Waals surface area contributed by atoms with Gasteiger partial charge in [0.25, 0.3) is 5.92 Å². The van der Waals surface area contributed by atoms with E-state index in [2.05, 4.69) is 15.1 Å². The van der Waals surface area contributed by atoms with E-state index < -0.39 is 17.9 Å². The minimum absolute atomic E-state index is 0.252.